The smallest absolute Gasteiger partial charge is 0.175 e. The third-order valence-electron chi connectivity index (χ3n) is 3.78. The number of hydrogen-bond donors (Lipinski definition) is 0. The van der Waals surface area contributed by atoms with Crippen molar-refractivity contribution in [2.45, 2.75) is 13.5 Å². The van der Waals surface area contributed by atoms with E-state index in [-0.39, 0.29) is 12.4 Å². The fourth-order valence-electron chi connectivity index (χ4n) is 2.49. The summed E-state index contributed by atoms with van der Waals surface area (Å²) in [5.74, 6) is 0.827. The van der Waals surface area contributed by atoms with Crippen molar-refractivity contribution in [2.75, 3.05) is 6.61 Å². The molecule has 0 heterocycles. The first-order chi connectivity index (χ1) is 13.2. The molecule has 0 unspecified atom stereocenters. The molecule has 0 fully saturated rings. The van der Waals surface area contributed by atoms with Crippen molar-refractivity contribution >= 4 is 27.8 Å². The zero-order valence-electron chi connectivity index (χ0n) is 14.9. The minimum absolute atomic E-state index is 0.114. The Balaban J connectivity index is 1.83. The Morgan fingerprint density at radius 2 is 1.74 bits per heavy atom. The number of para-hydroxylation sites is 1. The van der Waals surface area contributed by atoms with E-state index >= 15 is 0 Å². The number of halogens is 2. The van der Waals surface area contributed by atoms with Crippen LogP contribution in [0.1, 0.15) is 18.1 Å². The second kappa shape index (κ2) is 9.33. The van der Waals surface area contributed by atoms with Gasteiger partial charge in [0.05, 0.1) is 16.8 Å². The monoisotopic (exact) mass is 427 g/mol. The molecule has 0 aliphatic heterocycles. The molecule has 0 radical (unpaired) electrons. The minimum atomic E-state index is -0.293. The second-order valence-electron chi connectivity index (χ2n) is 5.74. The van der Waals surface area contributed by atoms with Gasteiger partial charge in [-0.05, 0) is 58.7 Å². The third kappa shape index (κ3) is 5.17. The average molecular weight is 428 g/mol. The van der Waals surface area contributed by atoms with Crippen LogP contribution < -0.4 is 9.47 Å². The van der Waals surface area contributed by atoms with Gasteiger partial charge in [-0.25, -0.2) is 4.39 Å². The normalized spacial score (nSPS) is 10.9. The summed E-state index contributed by atoms with van der Waals surface area (Å²) >= 11 is 3.53. The molecule has 3 aromatic rings. The molecule has 0 saturated carbocycles. The summed E-state index contributed by atoms with van der Waals surface area (Å²) in [4.78, 5) is 4.46. The van der Waals surface area contributed by atoms with E-state index in [1.807, 2.05) is 49.4 Å². The van der Waals surface area contributed by atoms with Crippen LogP contribution in [-0.4, -0.2) is 12.8 Å². The molecule has 3 rings (SSSR count). The van der Waals surface area contributed by atoms with Crippen LogP contribution in [0.25, 0.3) is 0 Å². The summed E-state index contributed by atoms with van der Waals surface area (Å²) in [6.07, 6.45) is 1.77. The lowest BCUT2D eigenvalue weighted by Gasteiger charge is -2.15. The lowest BCUT2D eigenvalue weighted by molar-refractivity contribution is 0.264. The maximum atomic E-state index is 13.8. The number of hydrogen-bond acceptors (Lipinski definition) is 3. The van der Waals surface area contributed by atoms with Gasteiger partial charge in [0.15, 0.2) is 11.5 Å². The largest absolute Gasteiger partial charge is 0.490 e. The molecule has 0 spiro atoms. The van der Waals surface area contributed by atoms with Gasteiger partial charge in [0.2, 0.25) is 0 Å². The predicted octanol–water partition coefficient (Wildman–Crippen LogP) is 6.32. The number of rotatable bonds is 7. The highest BCUT2D eigenvalue weighted by Gasteiger charge is 2.13. The molecular weight excluding hydrogens is 409 g/mol. The first kappa shape index (κ1) is 19.1. The van der Waals surface area contributed by atoms with Crippen molar-refractivity contribution in [3.05, 3.63) is 88.1 Å². The fraction of sp³-hybridized carbons (Fsp3) is 0.136. The molecule has 0 aliphatic carbocycles. The number of ether oxygens (including phenoxy) is 2. The highest BCUT2D eigenvalue weighted by Crippen LogP contribution is 2.37. The number of benzene rings is 3. The SMILES string of the molecule is CCOc1cc(C=Nc2ccccc2)cc(Br)c1OCc1ccccc1F. The molecule has 138 valence electrons. The van der Waals surface area contributed by atoms with E-state index in [1.165, 1.54) is 6.07 Å². The summed E-state index contributed by atoms with van der Waals surface area (Å²) in [6.45, 7) is 2.50. The molecule has 0 aliphatic rings. The molecule has 5 heteroatoms. The van der Waals surface area contributed by atoms with Gasteiger partial charge >= 0.3 is 0 Å². The van der Waals surface area contributed by atoms with Gasteiger partial charge in [0, 0.05) is 11.8 Å². The van der Waals surface area contributed by atoms with Crippen LogP contribution in [-0.2, 0) is 6.61 Å². The van der Waals surface area contributed by atoms with E-state index in [4.69, 9.17) is 9.47 Å². The first-order valence-electron chi connectivity index (χ1n) is 8.59. The molecule has 3 nitrogen and oxygen atoms in total. The average Bonchev–Trinajstić information content (AvgIpc) is 2.68. The Morgan fingerprint density at radius 3 is 2.48 bits per heavy atom. The van der Waals surface area contributed by atoms with Crippen LogP contribution in [0.3, 0.4) is 0 Å². The lowest BCUT2D eigenvalue weighted by Crippen LogP contribution is -2.02. The molecule has 0 saturated heterocycles. The molecule has 0 atom stereocenters. The standard InChI is InChI=1S/C22H19BrFNO2/c1-2-26-21-13-16(14-25-18-9-4-3-5-10-18)12-19(23)22(21)27-15-17-8-6-7-11-20(17)24/h3-14H,2,15H2,1H3. The summed E-state index contributed by atoms with van der Waals surface area (Å²) < 4.78 is 26.1. The topological polar surface area (TPSA) is 30.8 Å². The molecule has 3 aromatic carbocycles. The van der Waals surface area contributed by atoms with Crippen LogP contribution in [0.2, 0.25) is 0 Å². The van der Waals surface area contributed by atoms with Crippen molar-refractivity contribution < 1.29 is 13.9 Å². The zero-order chi connectivity index (χ0) is 19.1. The fourth-order valence-corrected chi connectivity index (χ4v) is 3.07. The van der Waals surface area contributed by atoms with Gasteiger partial charge in [-0.15, -0.1) is 0 Å². The number of nitrogens with zero attached hydrogens (tertiary/aromatic N) is 1. The summed E-state index contributed by atoms with van der Waals surface area (Å²) in [6, 6.07) is 20.0. The van der Waals surface area contributed by atoms with Crippen molar-refractivity contribution in [3.63, 3.8) is 0 Å². The van der Waals surface area contributed by atoms with E-state index < -0.39 is 0 Å². The van der Waals surface area contributed by atoms with E-state index in [0.29, 0.717) is 23.7 Å². The first-order valence-corrected chi connectivity index (χ1v) is 9.38. The molecular formula is C22H19BrFNO2. The maximum Gasteiger partial charge on any atom is 0.175 e. The van der Waals surface area contributed by atoms with Gasteiger partial charge in [-0.2, -0.15) is 0 Å². The Kier molecular flexibility index (Phi) is 6.60. The Hall–Kier alpha value is -2.66. The van der Waals surface area contributed by atoms with E-state index in [9.17, 15) is 4.39 Å². The van der Waals surface area contributed by atoms with Gasteiger partial charge in [0.25, 0.3) is 0 Å². The van der Waals surface area contributed by atoms with Crippen LogP contribution in [0.5, 0.6) is 11.5 Å². The third-order valence-corrected chi connectivity index (χ3v) is 4.37. The van der Waals surface area contributed by atoms with E-state index in [2.05, 4.69) is 20.9 Å². The Bertz CT molecular complexity index is 929. The van der Waals surface area contributed by atoms with Crippen LogP contribution in [0, 0.1) is 5.82 Å². The van der Waals surface area contributed by atoms with Gasteiger partial charge in [-0.1, -0.05) is 36.4 Å². The van der Waals surface area contributed by atoms with Crippen LogP contribution in [0.4, 0.5) is 10.1 Å². The quantitative estimate of drug-likeness (QED) is 0.413. The van der Waals surface area contributed by atoms with Crippen LogP contribution in [0.15, 0.2) is 76.2 Å². The maximum absolute atomic E-state index is 13.8. The lowest BCUT2D eigenvalue weighted by atomic mass is 10.2. The Morgan fingerprint density at radius 1 is 1.00 bits per heavy atom. The summed E-state index contributed by atoms with van der Waals surface area (Å²) in [5, 5.41) is 0. The number of aliphatic imine (C=N–C) groups is 1. The van der Waals surface area contributed by atoms with E-state index in [0.717, 1.165) is 15.7 Å². The zero-order valence-corrected chi connectivity index (χ0v) is 16.4. The van der Waals surface area contributed by atoms with Crippen molar-refractivity contribution in [2.24, 2.45) is 4.99 Å². The van der Waals surface area contributed by atoms with Crippen molar-refractivity contribution in [3.8, 4) is 11.5 Å². The van der Waals surface area contributed by atoms with E-state index in [1.54, 1.807) is 24.4 Å². The van der Waals surface area contributed by atoms with Crippen molar-refractivity contribution in [1.29, 1.82) is 0 Å². The Labute approximate surface area is 166 Å². The predicted molar refractivity (Wildman–Crippen MR) is 110 cm³/mol. The molecule has 0 amide bonds. The minimum Gasteiger partial charge on any atom is -0.490 e. The molecule has 0 aromatic heterocycles. The van der Waals surface area contributed by atoms with Crippen LogP contribution >= 0.6 is 15.9 Å². The van der Waals surface area contributed by atoms with Crippen molar-refractivity contribution in [1.82, 2.24) is 0 Å². The highest BCUT2D eigenvalue weighted by molar-refractivity contribution is 9.10. The molecule has 0 bridgehead atoms. The van der Waals surface area contributed by atoms with Gasteiger partial charge in [-0.3, -0.25) is 4.99 Å². The molecule has 27 heavy (non-hydrogen) atoms. The van der Waals surface area contributed by atoms with Gasteiger partial charge in [0.1, 0.15) is 12.4 Å². The summed E-state index contributed by atoms with van der Waals surface area (Å²) in [5.41, 5.74) is 2.22. The summed E-state index contributed by atoms with van der Waals surface area (Å²) in [7, 11) is 0. The van der Waals surface area contributed by atoms with Gasteiger partial charge < -0.3 is 9.47 Å². The molecule has 0 N–H and O–H groups in total. The highest BCUT2D eigenvalue weighted by atomic mass is 79.9. The second-order valence-corrected chi connectivity index (χ2v) is 6.59.